The second-order valence-corrected chi connectivity index (χ2v) is 13.4. The first-order valence-corrected chi connectivity index (χ1v) is 15.7. The summed E-state index contributed by atoms with van der Waals surface area (Å²) in [5.74, 6) is -3.58. The molecule has 0 saturated heterocycles. The van der Waals surface area contributed by atoms with Crippen molar-refractivity contribution in [3.63, 3.8) is 0 Å². The standard InChI is InChI=1S/C35H44F3NO5/c1-8-42-33(41)32(44-34(5,6)7)30-20(3)24-17-28(40)39(22-11-13-35(37,38)14-12-22)18-26(24)21(4)29(30)25-16-27(36)31-23(19(25)2)10-9-15-43-31/h16,22,32H,8-15,17-18H2,1-7H3. The minimum absolute atomic E-state index is 0.0820. The Balaban J connectivity index is 1.75. The van der Waals surface area contributed by atoms with Crippen LogP contribution in [0.25, 0.3) is 11.1 Å². The van der Waals surface area contributed by atoms with E-state index in [2.05, 4.69) is 0 Å². The fourth-order valence-electron chi connectivity index (χ4n) is 7.18. The molecular formula is C35H44F3NO5. The maximum atomic E-state index is 15.7. The number of carbonyl (C=O) groups is 2. The van der Waals surface area contributed by atoms with Gasteiger partial charge in [-0.1, -0.05) is 0 Å². The summed E-state index contributed by atoms with van der Waals surface area (Å²) in [7, 11) is 0. The van der Waals surface area contributed by atoms with Gasteiger partial charge in [0.15, 0.2) is 17.7 Å². The first-order valence-electron chi connectivity index (χ1n) is 15.7. The van der Waals surface area contributed by atoms with Gasteiger partial charge >= 0.3 is 5.97 Å². The van der Waals surface area contributed by atoms with E-state index in [1.807, 2.05) is 41.5 Å². The highest BCUT2D eigenvalue weighted by Gasteiger charge is 2.42. The molecule has 2 aromatic carbocycles. The van der Waals surface area contributed by atoms with Gasteiger partial charge in [0.25, 0.3) is 0 Å². The Labute approximate surface area is 258 Å². The average molecular weight is 616 g/mol. The van der Waals surface area contributed by atoms with Crippen molar-refractivity contribution < 1.29 is 37.0 Å². The SMILES string of the molecule is CCOC(=O)C(OC(C)(C)C)c1c(C)c2c(c(C)c1-c1cc(F)c3c(c1C)CCCO3)CN(C1CCC(F)(F)CC1)C(=O)C2. The van der Waals surface area contributed by atoms with Crippen LogP contribution in [0.15, 0.2) is 6.07 Å². The molecule has 1 aliphatic carbocycles. The topological polar surface area (TPSA) is 65.1 Å². The Bertz CT molecular complexity index is 1470. The number of hydrogen-bond acceptors (Lipinski definition) is 5. The second-order valence-electron chi connectivity index (χ2n) is 13.4. The van der Waals surface area contributed by atoms with E-state index in [4.69, 9.17) is 14.2 Å². The first kappa shape index (κ1) is 32.3. The van der Waals surface area contributed by atoms with Gasteiger partial charge in [-0.25, -0.2) is 18.0 Å². The van der Waals surface area contributed by atoms with Crippen molar-refractivity contribution in [3.8, 4) is 16.9 Å². The number of esters is 1. The second kappa shape index (κ2) is 12.0. The maximum Gasteiger partial charge on any atom is 0.339 e. The fourth-order valence-corrected chi connectivity index (χ4v) is 7.18. The van der Waals surface area contributed by atoms with Crippen molar-refractivity contribution in [3.05, 3.63) is 50.8 Å². The van der Waals surface area contributed by atoms with Crippen molar-refractivity contribution in [2.24, 2.45) is 0 Å². The molecular weight excluding hydrogens is 571 g/mol. The molecule has 2 aromatic rings. The van der Waals surface area contributed by atoms with E-state index in [1.54, 1.807) is 11.8 Å². The van der Waals surface area contributed by atoms with E-state index in [1.165, 1.54) is 6.07 Å². The summed E-state index contributed by atoms with van der Waals surface area (Å²) in [5.41, 5.74) is 6.05. The molecule has 1 atom stereocenters. The number of amides is 1. The van der Waals surface area contributed by atoms with E-state index in [9.17, 15) is 18.4 Å². The number of fused-ring (bicyclic) bond motifs is 2. The molecule has 0 aromatic heterocycles. The third-order valence-electron chi connectivity index (χ3n) is 9.36. The van der Waals surface area contributed by atoms with Crippen LogP contribution in [0.5, 0.6) is 5.75 Å². The van der Waals surface area contributed by atoms with E-state index in [0.29, 0.717) is 29.7 Å². The number of halogens is 3. The Kier molecular flexibility index (Phi) is 8.84. The third-order valence-corrected chi connectivity index (χ3v) is 9.36. The summed E-state index contributed by atoms with van der Waals surface area (Å²) < 4.78 is 61.3. The van der Waals surface area contributed by atoms with Crippen LogP contribution in [0.1, 0.15) is 105 Å². The predicted molar refractivity (Wildman–Crippen MR) is 162 cm³/mol. The maximum absolute atomic E-state index is 15.7. The molecule has 1 saturated carbocycles. The number of nitrogens with zero attached hydrogens (tertiary/aromatic N) is 1. The Morgan fingerprint density at radius 1 is 1.09 bits per heavy atom. The van der Waals surface area contributed by atoms with Gasteiger partial charge in [-0.3, -0.25) is 4.79 Å². The van der Waals surface area contributed by atoms with E-state index in [0.717, 1.165) is 39.8 Å². The van der Waals surface area contributed by atoms with E-state index in [-0.39, 0.29) is 63.0 Å². The molecule has 1 fully saturated rings. The molecule has 3 aliphatic rings. The van der Waals surface area contributed by atoms with Gasteiger partial charge < -0.3 is 19.1 Å². The highest BCUT2D eigenvalue weighted by Crippen LogP contribution is 2.47. The molecule has 0 radical (unpaired) electrons. The molecule has 0 spiro atoms. The molecule has 0 bridgehead atoms. The number of rotatable bonds is 6. The lowest BCUT2D eigenvalue weighted by molar-refractivity contribution is -0.166. The first-order chi connectivity index (χ1) is 20.6. The van der Waals surface area contributed by atoms with Crippen molar-refractivity contribution in [1.29, 1.82) is 0 Å². The van der Waals surface area contributed by atoms with Crippen LogP contribution in [0.2, 0.25) is 0 Å². The predicted octanol–water partition coefficient (Wildman–Crippen LogP) is 7.62. The minimum Gasteiger partial charge on any atom is -0.490 e. The van der Waals surface area contributed by atoms with Crippen LogP contribution < -0.4 is 4.74 Å². The molecule has 5 rings (SSSR count). The molecule has 6 nitrogen and oxygen atoms in total. The number of benzene rings is 2. The molecule has 2 aliphatic heterocycles. The number of alkyl halides is 2. The largest absolute Gasteiger partial charge is 0.490 e. The van der Waals surface area contributed by atoms with Gasteiger partial charge in [0.1, 0.15) is 0 Å². The van der Waals surface area contributed by atoms with Crippen molar-refractivity contribution >= 4 is 11.9 Å². The van der Waals surface area contributed by atoms with Gasteiger partial charge in [-0.15, -0.1) is 0 Å². The highest BCUT2D eigenvalue weighted by molar-refractivity contribution is 5.89. The molecule has 9 heteroatoms. The molecule has 2 heterocycles. The Morgan fingerprint density at radius 2 is 1.77 bits per heavy atom. The summed E-state index contributed by atoms with van der Waals surface area (Å²) in [5, 5.41) is 0. The Morgan fingerprint density at radius 3 is 2.41 bits per heavy atom. The minimum atomic E-state index is -2.70. The normalized spacial score (nSPS) is 19.2. The molecule has 1 unspecified atom stereocenters. The van der Waals surface area contributed by atoms with Crippen molar-refractivity contribution in [2.45, 2.75) is 124 Å². The molecule has 44 heavy (non-hydrogen) atoms. The lowest BCUT2D eigenvalue weighted by Gasteiger charge is -2.41. The van der Waals surface area contributed by atoms with Gasteiger partial charge in [-0.2, -0.15) is 0 Å². The zero-order valence-electron chi connectivity index (χ0n) is 26.9. The van der Waals surface area contributed by atoms with E-state index < -0.39 is 29.4 Å². The third kappa shape index (κ3) is 6.09. The number of carbonyl (C=O) groups excluding carboxylic acids is 2. The molecule has 240 valence electrons. The van der Waals surface area contributed by atoms with E-state index >= 15 is 4.39 Å². The van der Waals surface area contributed by atoms with Crippen LogP contribution in [0, 0.1) is 26.6 Å². The monoisotopic (exact) mass is 615 g/mol. The fraction of sp³-hybridized carbons (Fsp3) is 0.600. The molecule has 0 N–H and O–H groups in total. The van der Waals surface area contributed by atoms with Crippen LogP contribution in [0.3, 0.4) is 0 Å². The average Bonchev–Trinajstić information content (AvgIpc) is 2.95. The van der Waals surface area contributed by atoms with Crippen molar-refractivity contribution in [1.82, 2.24) is 4.90 Å². The Hall–Kier alpha value is -3.07. The van der Waals surface area contributed by atoms with Crippen LogP contribution in [-0.4, -0.2) is 47.6 Å². The summed E-state index contributed by atoms with van der Waals surface area (Å²) in [6.45, 7) is 13.9. The van der Waals surface area contributed by atoms with Crippen LogP contribution in [0.4, 0.5) is 13.2 Å². The summed E-state index contributed by atoms with van der Waals surface area (Å²) in [6.07, 6.45) is 0.402. The van der Waals surface area contributed by atoms with Crippen LogP contribution in [-0.2, 0) is 38.4 Å². The summed E-state index contributed by atoms with van der Waals surface area (Å²) >= 11 is 0. The summed E-state index contributed by atoms with van der Waals surface area (Å²) in [4.78, 5) is 29.0. The lowest BCUT2D eigenvalue weighted by Crippen LogP contribution is -2.47. The lowest BCUT2D eigenvalue weighted by atomic mass is 9.78. The quantitative estimate of drug-likeness (QED) is 0.313. The number of hydrogen-bond donors (Lipinski definition) is 0. The summed E-state index contributed by atoms with van der Waals surface area (Å²) in [6, 6.07) is 1.21. The zero-order valence-corrected chi connectivity index (χ0v) is 26.9. The molecule has 1 amide bonds. The highest BCUT2D eigenvalue weighted by atomic mass is 19.3. The zero-order chi connectivity index (χ0) is 32.1. The van der Waals surface area contributed by atoms with Gasteiger partial charge in [0.2, 0.25) is 11.8 Å². The van der Waals surface area contributed by atoms with Gasteiger partial charge in [-0.05, 0) is 119 Å². The smallest absolute Gasteiger partial charge is 0.339 e. The van der Waals surface area contributed by atoms with Gasteiger partial charge in [0, 0.05) is 36.6 Å². The van der Waals surface area contributed by atoms with Crippen LogP contribution >= 0.6 is 0 Å². The van der Waals surface area contributed by atoms with Gasteiger partial charge in [0.05, 0.1) is 25.2 Å². The number of ether oxygens (including phenoxy) is 3. The van der Waals surface area contributed by atoms with Crippen molar-refractivity contribution in [2.75, 3.05) is 13.2 Å².